The molecule has 0 bridgehead atoms. The van der Waals surface area contributed by atoms with Crippen molar-refractivity contribution in [2.24, 2.45) is 12.8 Å². The Kier molecular flexibility index (Phi) is 5.97. The minimum Gasteiger partial charge on any atom is -0.472 e. The highest BCUT2D eigenvalue weighted by Gasteiger charge is 2.34. The summed E-state index contributed by atoms with van der Waals surface area (Å²) < 4.78 is 7.95. The molecule has 1 atom stereocenters. The van der Waals surface area contributed by atoms with Gasteiger partial charge in [-0.1, -0.05) is 66.7 Å². The number of halogens is 1. The highest BCUT2D eigenvalue weighted by atomic mass is 127. The van der Waals surface area contributed by atoms with Crippen LogP contribution in [0.25, 0.3) is 17.4 Å². The van der Waals surface area contributed by atoms with E-state index in [2.05, 4.69) is 39.8 Å². The molecule has 1 aliphatic carbocycles. The van der Waals surface area contributed by atoms with E-state index in [4.69, 9.17) is 10.5 Å². The maximum Gasteiger partial charge on any atom is 0.193 e. The summed E-state index contributed by atoms with van der Waals surface area (Å²) in [5, 5.41) is 4.62. The third kappa shape index (κ3) is 4.29. The number of aryl methyl sites for hydroxylation is 1. The van der Waals surface area contributed by atoms with Crippen molar-refractivity contribution in [3.8, 4) is 0 Å². The monoisotopic (exact) mass is 551 g/mol. The van der Waals surface area contributed by atoms with Gasteiger partial charge >= 0.3 is 0 Å². The lowest BCUT2D eigenvalue weighted by Crippen LogP contribution is -2.43. The second-order valence-corrected chi connectivity index (χ2v) is 9.90. The number of fused-ring (bicyclic) bond motifs is 1. The van der Waals surface area contributed by atoms with E-state index in [1.165, 1.54) is 0 Å². The first-order valence-electron chi connectivity index (χ1n) is 11.2. The van der Waals surface area contributed by atoms with Crippen molar-refractivity contribution < 1.29 is 9.53 Å². The van der Waals surface area contributed by atoms with Crippen molar-refractivity contribution in [3.05, 3.63) is 94.8 Å². The molecule has 1 aromatic heterocycles. The SMILES string of the molecule is Cn1cc2c(n1)C(I)O/C(c1ccccc1)=C(/c1ccc(C3(N)CCC3)cc1)C(=O)CC=C2. The Hall–Kier alpha value is -2.71. The molecule has 1 saturated carbocycles. The molecule has 2 aliphatic rings. The molecule has 2 aromatic carbocycles. The number of nitrogens with two attached hydrogens (primary N) is 1. The number of aromatic nitrogens is 2. The van der Waals surface area contributed by atoms with Gasteiger partial charge in [0.25, 0.3) is 0 Å². The lowest BCUT2D eigenvalue weighted by molar-refractivity contribution is -0.113. The smallest absolute Gasteiger partial charge is 0.193 e. The van der Waals surface area contributed by atoms with E-state index in [1.54, 1.807) is 4.68 Å². The maximum atomic E-state index is 13.6. The Morgan fingerprint density at radius 3 is 2.48 bits per heavy atom. The molecule has 0 saturated heterocycles. The van der Waals surface area contributed by atoms with E-state index in [0.29, 0.717) is 11.3 Å². The van der Waals surface area contributed by atoms with E-state index in [9.17, 15) is 4.79 Å². The summed E-state index contributed by atoms with van der Waals surface area (Å²) in [7, 11) is 1.89. The Bertz CT molecular complexity index is 1240. The van der Waals surface area contributed by atoms with E-state index < -0.39 is 0 Å². The van der Waals surface area contributed by atoms with Crippen molar-refractivity contribution in [2.75, 3.05) is 0 Å². The second kappa shape index (κ2) is 8.91. The number of carbonyl (C=O) groups is 1. The van der Waals surface area contributed by atoms with Gasteiger partial charge in [-0.3, -0.25) is 9.48 Å². The fourth-order valence-corrected chi connectivity index (χ4v) is 5.22. The average molecular weight is 551 g/mol. The standard InChI is InChI=1S/C27H26IN3O2/c1-31-17-20-9-5-10-22(32)23(18-11-13-21(14-12-18)27(29)15-6-16-27)25(19-7-3-2-4-8-19)33-26(28)24(20)30-31/h2-5,7-9,11-14,17,26H,6,10,15-16,29H2,1H3/b9-5?,25-23-. The summed E-state index contributed by atoms with van der Waals surface area (Å²) >= 11 is 2.25. The number of nitrogens with zero attached hydrogens (tertiary/aromatic N) is 2. The van der Waals surface area contributed by atoms with Crippen LogP contribution in [-0.2, 0) is 22.1 Å². The van der Waals surface area contributed by atoms with Crippen LogP contribution in [0.15, 0.2) is 66.9 Å². The Morgan fingerprint density at radius 1 is 1.09 bits per heavy atom. The van der Waals surface area contributed by atoms with Gasteiger partial charge in [-0.25, -0.2) is 0 Å². The third-order valence-corrected chi connectivity index (χ3v) is 7.30. The zero-order valence-corrected chi connectivity index (χ0v) is 20.7. The molecule has 3 aromatic rings. The summed E-state index contributed by atoms with van der Waals surface area (Å²) in [6.07, 6.45) is 9.25. The van der Waals surface area contributed by atoms with Crippen molar-refractivity contribution in [2.45, 2.75) is 35.3 Å². The van der Waals surface area contributed by atoms with Crippen LogP contribution >= 0.6 is 22.6 Å². The summed E-state index contributed by atoms with van der Waals surface area (Å²) in [5.74, 6) is 0.589. The van der Waals surface area contributed by atoms with E-state index in [1.807, 2.05) is 67.9 Å². The molecule has 1 aliphatic heterocycles. The van der Waals surface area contributed by atoms with Crippen LogP contribution in [-0.4, -0.2) is 15.6 Å². The molecular formula is C27H26IN3O2. The van der Waals surface area contributed by atoms with Crippen molar-refractivity contribution in [1.82, 2.24) is 9.78 Å². The zero-order chi connectivity index (χ0) is 23.0. The third-order valence-electron chi connectivity index (χ3n) is 6.46. The van der Waals surface area contributed by atoms with Gasteiger partial charge in [0.15, 0.2) is 9.89 Å². The van der Waals surface area contributed by atoms with Crippen molar-refractivity contribution in [1.29, 1.82) is 0 Å². The molecule has 1 unspecified atom stereocenters. The maximum absolute atomic E-state index is 13.6. The molecule has 6 heteroatoms. The summed E-state index contributed by atoms with van der Waals surface area (Å²) in [6, 6.07) is 18.0. The number of carbonyl (C=O) groups excluding carboxylic acids is 1. The fourth-order valence-electron chi connectivity index (χ4n) is 4.48. The second-order valence-electron chi connectivity index (χ2n) is 8.76. The first-order valence-corrected chi connectivity index (χ1v) is 12.4. The number of alkyl halides is 1. The summed E-state index contributed by atoms with van der Waals surface area (Å²) in [5.41, 5.74) is 11.5. The fraction of sp³-hybridized carbons (Fsp3) is 0.259. The van der Waals surface area contributed by atoms with Crippen LogP contribution in [0, 0.1) is 0 Å². The Morgan fingerprint density at radius 2 is 1.82 bits per heavy atom. The minimum atomic E-state index is -0.360. The lowest BCUT2D eigenvalue weighted by atomic mass is 9.72. The molecule has 1 fully saturated rings. The van der Waals surface area contributed by atoms with Crippen LogP contribution in [0.5, 0.6) is 0 Å². The number of allylic oxidation sites excluding steroid dienone is 2. The Labute approximate surface area is 207 Å². The normalized spacial score (nSPS) is 22.3. The Balaban J connectivity index is 1.65. The number of rotatable bonds is 3. The number of benzene rings is 2. The van der Waals surface area contributed by atoms with Crippen LogP contribution in [0.2, 0.25) is 0 Å². The summed E-state index contributed by atoms with van der Waals surface area (Å²) in [6.45, 7) is 0. The predicted octanol–water partition coefficient (Wildman–Crippen LogP) is 5.76. The van der Waals surface area contributed by atoms with Gasteiger partial charge in [0, 0.05) is 36.3 Å². The lowest BCUT2D eigenvalue weighted by Gasteiger charge is -2.38. The van der Waals surface area contributed by atoms with Gasteiger partial charge in [-0.2, -0.15) is 5.10 Å². The highest BCUT2D eigenvalue weighted by Crippen LogP contribution is 2.41. The number of ether oxygens (including phenoxy) is 1. The van der Waals surface area contributed by atoms with Crippen LogP contribution in [0.1, 0.15) is 57.7 Å². The van der Waals surface area contributed by atoms with Crippen LogP contribution in [0.3, 0.4) is 0 Å². The molecule has 2 heterocycles. The van der Waals surface area contributed by atoms with Crippen LogP contribution < -0.4 is 5.73 Å². The van der Waals surface area contributed by atoms with Crippen molar-refractivity contribution in [3.63, 3.8) is 0 Å². The molecule has 5 nitrogen and oxygen atoms in total. The van der Waals surface area contributed by atoms with Gasteiger partial charge in [0.1, 0.15) is 11.5 Å². The van der Waals surface area contributed by atoms with E-state index in [-0.39, 0.29) is 21.9 Å². The predicted molar refractivity (Wildman–Crippen MR) is 139 cm³/mol. The van der Waals surface area contributed by atoms with E-state index >= 15 is 0 Å². The quantitative estimate of drug-likeness (QED) is 0.332. The zero-order valence-electron chi connectivity index (χ0n) is 18.5. The van der Waals surface area contributed by atoms with Gasteiger partial charge in [0.2, 0.25) is 0 Å². The topological polar surface area (TPSA) is 70.1 Å². The molecule has 0 amide bonds. The highest BCUT2D eigenvalue weighted by molar-refractivity contribution is 14.1. The number of ketones is 1. The minimum absolute atomic E-state index is 0.0138. The van der Waals surface area contributed by atoms with Gasteiger partial charge in [-0.15, -0.1) is 0 Å². The first-order chi connectivity index (χ1) is 15.9. The van der Waals surface area contributed by atoms with Gasteiger partial charge < -0.3 is 10.5 Å². The van der Waals surface area contributed by atoms with Crippen molar-refractivity contribution >= 4 is 45.8 Å². The van der Waals surface area contributed by atoms with Crippen LogP contribution in [0.4, 0.5) is 0 Å². The van der Waals surface area contributed by atoms with Gasteiger partial charge in [0.05, 0.1) is 5.57 Å². The number of hydrogen-bond donors (Lipinski definition) is 1. The molecule has 0 radical (unpaired) electrons. The van der Waals surface area contributed by atoms with E-state index in [0.717, 1.165) is 47.2 Å². The molecule has 0 spiro atoms. The molecule has 168 valence electrons. The largest absolute Gasteiger partial charge is 0.472 e. The molecule has 2 N–H and O–H groups in total. The summed E-state index contributed by atoms with van der Waals surface area (Å²) in [4.78, 5) is 13.6. The molecule has 5 rings (SSSR count). The molecular weight excluding hydrogens is 525 g/mol. The number of Topliss-reactive ketones (excluding diaryl/α,β-unsaturated/α-hetero) is 1. The van der Waals surface area contributed by atoms with Gasteiger partial charge in [-0.05, 0) is 53.0 Å². The number of hydrogen-bond acceptors (Lipinski definition) is 4. The first kappa shape index (κ1) is 22.1. The average Bonchev–Trinajstić information content (AvgIpc) is 3.18. The molecule has 33 heavy (non-hydrogen) atoms.